The molecular weight excluding hydrogens is 344 g/mol. The van der Waals surface area contributed by atoms with Crippen LogP contribution in [0.2, 0.25) is 0 Å². The van der Waals surface area contributed by atoms with E-state index < -0.39 is 10.0 Å². The second-order valence-corrected chi connectivity index (χ2v) is 8.49. The van der Waals surface area contributed by atoms with Gasteiger partial charge in [0.25, 0.3) is 0 Å². The van der Waals surface area contributed by atoms with Gasteiger partial charge < -0.3 is 5.32 Å². The number of nitrogens with one attached hydrogen (secondary N) is 1. The van der Waals surface area contributed by atoms with Crippen molar-refractivity contribution in [2.45, 2.75) is 11.8 Å². The monoisotopic (exact) mass is 364 g/mol. The number of amides is 1. The first kappa shape index (κ1) is 18.4. The number of benzene rings is 2. The van der Waals surface area contributed by atoms with Crippen molar-refractivity contribution in [1.82, 2.24) is 0 Å². The van der Waals surface area contributed by atoms with Crippen LogP contribution in [0, 0.1) is 6.92 Å². The SMILES string of the molecule is Cc1ccc(SCC(=O)Nc2cccc(N(C)S(C)(=O)=O)c2)cc1. The van der Waals surface area contributed by atoms with Gasteiger partial charge in [-0.2, -0.15) is 0 Å². The van der Waals surface area contributed by atoms with Crippen molar-refractivity contribution in [2.75, 3.05) is 28.7 Å². The number of sulfonamides is 1. The number of carbonyl (C=O) groups excluding carboxylic acids is 1. The molecule has 2 aromatic carbocycles. The van der Waals surface area contributed by atoms with Crippen molar-refractivity contribution in [3.8, 4) is 0 Å². The molecule has 1 N–H and O–H groups in total. The summed E-state index contributed by atoms with van der Waals surface area (Å²) in [6.45, 7) is 2.02. The van der Waals surface area contributed by atoms with Gasteiger partial charge in [-0.1, -0.05) is 23.8 Å². The van der Waals surface area contributed by atoms with Gasteiger partial charge in [0, 0.05) is 17.6 Å². The lowest BCUT2D eigenvalue weighted by atomic mass is 10.2. The fraction of sp³-hybridized carbons (Fsp3) is 0.235. The minimum absolute atomic E-state index is 0.139. The zero-order chi connectivity index (χ0) is 17.7. The van der Waals surface area contributed by atoms with Gasteiger partial charge in [0.1, 0.15) is 0 Å². The zero-order valence-electron chi connectivity index (χ0n) is 13.8. The summed E-state index contributed by atoms with van der Waals surface area (Å²) in [5.41, 5.74) is 2.25. The summed E-state index contributed by atoms with van der Waals surface area (Å²) in [5, 5.41) is 2.79. The molecule has 0 heterocycles. The lowest BCUT2D eigenvalue weighted by Gasteiger charge is -2.17. The normalized spacial score (nSPS) is 11.1. The Morgan fingerprint density at radius 3 is 2.46 bits per heavy atom. The number of aryl methyl sites for hydroxylation is 1. The quantitative estimate of drug-likeness (QED) is 0.800. The highest BCUT2D eigenvalue weighted by Crippen LogP contribution is 2.22. The molecule has 2 aromatic rings. The van der Waals surface area contributed by atoms with Crippen molar-refractivity contribution in [2.24, 2.45) is 0 Å². The van der Waals surface area contributed by atoms with Crippen LogP contribution in [0.25, 0.3) is 0 Å². The largest absolute Gasteiger partial charge is 0.325 e. The second-order valence-electron chi connectivity index (χ2n) is 5.43. The van der Waals surface area contributed by atoms with Gasteiger partial charge in [-0.25, -0.2) is 8.42 Å². The molecule has 0 spiro atoms. The van der Waals surface area contributed by atoms with E-state index in [1.807, 2.05) is 31.2 Å². The van der Waals surface area contributed by atoms with Crippen LogP contribution in [0.5, 0.6) is 0 Å². The standard InChI is InChI=1S/C17H20N2O3S2/c1-13-7-9-16(10-8-13)23-12-17(20)18-14-5-4-6-15(11-14)19(2)24(3,21)22/h4-11H,12H2,1-3H3,(H,18,20). The number of nitrogens with zero attached hydrogens (tertiary/aromatic N) is 1. The first-order valence-corrected chi connectivity index (χ1v) is 10.1. The van der Waals surface area contributed by atoms with Crippen LogP contribution in [0.1, 0.15) is 5.56 Å². The number of hydrogen-bond donors (Lipinski definition) is 1. The maximum absolute atomic E-state index is 12.1. The van der Waals surface area contributed by atoms with Gasteiger partial charge in [-0.05, 0) is 37.3 Å². The van der Waals surface area contributed by atoms with Crippen LogP contribution in [0.3, 0.4) is 0 Å². The number of carbonyl (C=O) groups is 1. The Morgan fingerprint density at radius 1 is 1.17 bits per heavy atom. The average Bonchev–Trinajstić information content (AvgIpc) is 2.53. The molecule has 2 rings (SSSR count). The molecule has 0 saturated heterocycles. The second kappa shape index (κ2) is 7.72. The summed E-state index contributed by atoms with van der Waals surface area (Å²) in [7, 11) is -1.86. The molecule has 0 aliphatic heterocycles. The first-order chi connectivity index (χ1) is 11.3. The van der Waals surface area contributed by atoms with Crippen molar-refractivity contribution >= 4 is 39.1 Å². The predicted octanol–water partition coefficient (Wildman–Crippen LogP) is 3.12. The molecule has 0 aromatic heterocycles. The Morgan fingerprint density at radius 2 is 1.83 bits per heavy atom. The molecule has 24 heavy (non-hydrogen) atoms. The highest BCUT2D eigenvalue weighted by molar-refractivity contribution is 8.00. The van der Waals surface area contributed by atoms with Crippen LogP contribution in [-0.2, 0) is 14.8 Å². The smallest absolute Gasteiger partial charge is 0.234 e. The van der Waals surface area contributed by atoms with Crippen molar-refractivity contribution in [3.05, 3.63) is 54.1 Å². The molecule has 0 atom stereocenters. The summed E-state index contributed by atoms with van der Waals surface area (Å²) in [6.07, 6.45) is 1.14. The van der Waals surface area contributed by atoms with Gasteiger partial charge in [0.05, 0.1) is 17.7 Å². The van der Waals surface area contributed by atoms with Gasteiger partial charge in [0.15, 0.2) is 0 Å². The van der Waals surface area contributed by atoms with Crippen LogP contribution >= 0.6 is 11.8 Å². The third kappa shape index (κ3) is 5.28. The van der Waals surface area contributed by atoms with E-state index in [-0.39, 0.29) is 11.7 Å². The van der Waals surface area contributed by atoms with Gasteiger partial charge >= 0.3 is 0 Å². The maximum Gasteiger partial charge on any atom is 0.234 e. The van der Waals surface area contributed by atoms with E-state index in [0.717, 1.165) is 11.2 Å². The lowest BCUT2D eigenvalue weighted by molar-refractivity contribution is -0.113. The Hall–Kier alpha value is -1.99. The Kier molecular flexibility index (Phi) is 5.90. The molecule has 128 valence electrons. The van der Waals surface area contributed by atoms with E-state index in [9.17, 15) is 13.2 Å². The number of anilines is 2. The van der Waals surface area contributed by atoms with Crippen LogP contribution < -0.4 is 9.62 Å². The van der Waals surface area contributed by atoms with Crippen molar-refractivity contribution < 1.29 is 13.2 Å². The van der Waals surface area contributed by atoms with E-state index in [2.05, 4.69) is 5.32 Å². The molecule has 0 bridgehead atoms. The number of rotatable bonds is 6. The third-order valence-corrected chi connectivity index (χ3v) is 5.60. The summed E-state index contributed by atoms with van der Waals surface area (Å²) in [4.78, 5) is 13.1. The highest BCUT2D eigenvalue weighted by Gasteiger charge is 2.12. The van der Waals surface area contributed by atoms with Crippen molar-refractivity contribution in [3.63, 3.8) is 0 Å². The number of thioether (sulfide) groups is 1. The minimum atomic E-state index is -3.33. The van der Waals surface area contributed by atoms with Crippen LogP contribution in [0.4, 0.5) is 11.4 Å². The zero-order valence-corrected chi connectivity index (χ0v) is 15.4. The van der Waals surface area contributed by atoms with Gasteiger partial charge in [-0.3, -0.25) is 9.10 Å². The molecule has 7 heteroatoms. The molecule has 0 aliphatic carbocycles. The lowest BCUT2D eigenvalue weighted by Crippen LogP contribution is -2.25. The average molecular weight is 364 g/mol. The third-order valence-electron chi connectivity index (χ3n) is 3.38. The van der Waals surface area contributed by atoms with E-state index in [1.54, 1.807) is 24.3 Å². The summed E-state index contributed by atoms with van der Waals surface area (Å²) < 4.78 is 24.3. The summed E-state index contributed by atoms with van der Waals surface area (Å²) in [5.74, 6) is 0.148. The molecule has 5 nitrogen and oxygen atoms in total. The summed E-state index contributed by atoms with van der Waals surface area (Å²) in [6, 6.07) is 14.7. The number of hydrogen-bond acceptors (Lipinski definition) is 4. The Balaban J connectivity index is 1.98. The topological polar surface area (TPSA) is 66.5 Å². The Bertz CT molecular complexity index is 818. The maximum atomic E-state index is 12.1. The van der Waals surface area contributed by atoms with Gasteiger partial charge in [-0.15, -0.1) is 11.8 Å². The van der Waals surface area contributed by atoms with Gasteiger partial charge in [0.2, 0.25) is 15.9 Å². The van der Waals surface area contributed by atoms with E-state index in [4.69, 9.17) is 0 Å². The fourth-order valence-corrected chi connectivity index (χ4v) is 3.15. The molecule has 0 unspecified atom stereocenters. The van der Waals surface area contributed by atoms with Crippen LogP contribution in [0.15, 0.2) is 53.4 Å². The molecule has 0 radical (unpaired) electrons. The first-order valence-electron chi connectivity index (χ1n) is 7.29. The molecule has 1 amide bonds. The van der Waals surface area contributed by atoms with E-state index in [0.29, 0.717) is 11.4 Å². The van der Waals surface area contributed by atoms with E-state index >= 15 is 0 Å². The van der Waals surface area contributed by atoms with E-state index in [1.165, 1.54) is 28.7 Å². The molecule has 0 saturated carbocycles. The van der Waals surface area contributed by atoms with Crippen LogP contribution in [-0.4, -0.2) is 33.4 Å². The fourth-order valence-electron chi connectivity index (χ4n) is 1.95. The predicted molar refractivity (Wildman–Crippen MR) is 100 cm³/mol. The minimum Gasteiger partial charge on any atom is -0.325 e. The van der Waals surface area contributed by atoms with Crippen molar-refractivity contribution in [1.29, 1.82) is 0 Å². The molecular formula is C17H20N2O3S2. The summed E-state index contributed by atoms with van der Waals surface area (Å²) >= 11 is 1.45. The Labute approximate surface area is 147 Å². The molecule has 0 aliphatic rings. The highest BCUT2D eigenvalue weighted by atomic mass is 32.2. The molecule has 0 fully saturated rings.